The Labute approximate surface area is 380 Å². The second-order valence-corrected chi connectivity index (χ2v) is 21.9. The molecule has 2 N–H and O–H groups in total. The number of rotatable bonds is 16. The van der Waals surface area contributed by atoms with E-state index < -0.39 is 21.8 Å². The molecule has 0 fully saturated rings. The van der Waals surface area contributed by atoms with Crippen LogP contribution in [-0.4, -0.2) is 66.1 Å². The molecule has 0 unspecified atom stereocenters. The number of hydrogen-bond donors (Lipinski definition) is 2. The largest absolute Gasteiger partial charge is 0.444 e. The lowest BCUT2D eigenvalue weighted by molar-refractivity contribution is -0.438. The first-order chi connectivity index (χ1) is 29.9. The van der Waals surface area contributed by atoms with Crippen LogP contribution in [0.1, 0.15) is 111 Å². The highest BCUT2D eigenvalue weighted by molar-refractivity contribution is 8.03. The van der Waals surface area contributed by atoms with E-state index in [4.69, 9.17) is 4.74 Å². The molecule has 3 aliphatic rings. The Morgan fingerprint density at radius 2 is 1.54 bits per heavy atom. The molecule has 0 atom stereocenters. The third kappa shape index (κ3) is 10.2. The molecule has 4 aromatic carbocycles. The van der Waals surface area contributed by atoms with E-state index in [9.17, 15) is 17.8 Å². The van der Waals surface area contributed by atoms with E-state index in [1.165, 1.54) is 73.0 Å². The van der Waals surface area contributed by atoms with Crippen LogP contribution in [0.5, 0.6) is 0 Å². The monoisotopic (exact) mass is 888 g/mol. The minimum atomic E-state index is -4.04. The number of unbranched alkanes of at least 4 members (excludes halogenated alkanes) is 3. The number of carbonyl (C=O) groups excluding carboxylic acids is 1. The first-order valence-corrected chi connectivity index (χ1v) is 25.3. The number of hydrogen-bond acceptors (Lipinski definition) is 6. The van der Waals surface area contributed by atoms with Crippen molar-refractivity contribution in [2.24, 2.45) is 0 Å². The average Bonchev–Trinajstić information content (AvgIpc) is 3.78. The summed E-state index contributed by atoms with van der Waals surface area (Å²) >= 11 is 1.78. The number of fused-ring (bicyclic) bond motifs is 6. The smallest absolute Gasteiger partial charge is 0.407 e. The van der Waals surface area contributed by atoms with E-state index in [2.05, 4.69) is 147 Å². The zero-order valence-electron chi connectivity index (χ0n) is 38.5. The molecule has 2 aliphatic heterocycles. The lowest BCUT2D eigenvalue weighted by Crippen LogP contribution is -2.33. The maximum absolute atomic E-state index is 12.6. The van der Waals surface area contributed by atoms with Gasteiger partial charge in [0.25, 0.3) is 10.1 Å². The zero-order valence-corrected chi connectivity index (χ0v) is 40.1. The molecular weight excluding hydrogens is 823 g/mol. The van der Waals surface area contributed by atoms with Crippen LogP contribution in [-0.2, 0) is 25.7 Å². The number of alkyl carbamates (subject to hydrolysis) is 1. The molecule has 8 nitrogen and oxygen atoms in total. The van der Waals surface area contributed by atoms with Crippen molar-refractivity contribution in [3.63, 3.8) is 0 Å². The molecule has 7 rings (SSSR count). The Morgan fingerprint density at radius 1 is 0.857 bits per heavy atom. The van der Waals surface area contributed by atoms with Crippen molar-refractivity contribution in [2.45, 2.75) is 117 Å². The van der Waals surface area contributed by atoms with Gasteiger partial charge in [-0.3, -0.25) is 4.55 Å². The Balaban J connectivity index is 1.27. The number of amides is 1. The normalized spacial score (nSPS) is 18.5. The number of nitrogens with one attached hydrogen (secondary N) is 1. The summed E-state index contributed by atoms with van der Waals surface area (Å²) in [5, 5.41) is 7.94. The zero-order chi connectivity index (χ0) is 45.2. The number of benzene rings is 4. The van der Waals surface area contributed by atoms with E-state index in [1.54, 1.807) is 11.8 Å². The number of ether oxygens (including phenoxy) is 1. The molecule has 1 amide bonds. The van der Waals surface area contributed by atoms with Gasteiger partial charge >= 0.3 is 6.09 Å². The van der Waals surface area contributed by atoms with Crippen LogP contribution >= 0.6 is 11.8 Å². The molecule has 1 aliphatic carbocycles. The number of carbonyl (C=O) groups is 1. The summed E-state index contributed by atoms with van der Waals surface area (Å²) in [4.78, 5) is 16.2. The maximum atomic E-state index is 12.6. The maximum Gasteiger partial charge on any atom is 0.407 e. The molecule has 0 bridgehead atoms. The van der Waals surface area contributed by atoms with Crippen molar-refractivity contribution in [3.8, 4) is 0 Å². The van der Waals surface area contributed by atoms with Gasteiger partial charge in [-0.1, -0.05) is 93.9 Å². The van der Waals surface area contributed by atoms with Gasteiger partial charge in [0.1, 0.15) is 12.1 Å². The van der Waals surface area contributed by atoms with E-state index >= 15 is 0 Å². The molecule has 0 radical (unpaired) electrons. The van der Waals surface area contributed by atoms with Crippen LogP contribution in [0.25, 0.3) is 21.5 Å². The van der Waals surface area contributed by atoms with Crippen LogP contribution in [0.4, 0.5) is 16.2 Å². The molecule has 2 heterocycles. The Hall–Kier alpha value is -4.64. The topological polar surface area (TPSA) is 99.0 Å². The summed E-state index contributed by atoms with van der Waals surface area (Å²) < 4.78 is 40.8. The predicted octanol–water partition coefficient (Wildman–Crippen LogP) is 12.7. The number of allylic oxidation sites excluding steroid dienone is 7. The lowest BCUT2D eigenvalue weighted by Gasteiger charge is -2.27. The standard InChI is InChI=1S/C53H65N3O5S2/c1-9-10-15-33-55-43-28-24-37-18-11-13-20-41(37)47(43)52(5,6)45(55)30-26-39-22-23-40(49(39)62-35-32-54-50(57)61-51(2,3)4)27-31-46-53(7,8)48-42-21-14-12-19-38(42)25-29-44(48)56(46)34-16-17-36-63(58,59)60/h11-14,18-21,24-31H,9-10,15-17,22-23,32-36H2,1-8H3,(H-,54,57,58,59,60)/p+1. The van der Waals surface area contributed by atoms with Gasteiger partial charge in [0, 0.05) is 64.7 Å². The van der Waals surface area contributed by atoms with E-state index in [-0.39, 0.29) is 16.6 Å². The highest BCUT2D eigenvalue weighted by Crippen LogP contribution is 2.51. The number of anilines is 1. The second-order valence-electron chi connectivity index (χ2n) is 19.2. The number of nitrogens with zero attached hydrogens (tertiary/aromatic N) is 2. The van der Waals surface area contributed by atoms with Crippen molar-refractivity contribution in [1.82, 2.24) is 5.32 Å². The third-order valence-electron chi connectivity index (χ3n) is 12.7. The quantitative estimate of drug-likeness (QED) is 0.0657. The Morgan fingerprint density at radius 3 is 2.22 bits per heavy atom. The Bertz CT molecular complexity index is 2660. The van der Waals surface area contributed by atoms with Crippen LogP contribution < -0.4 is 10.2 Å². The van der Waals surface area contributed by atoms with Crippen LogP contribution in [0.3, 0.4) is 0 Å². The minimum Gasteiger partial charge on any atom is -0.444 e. The van der Waals surface area contributed by atoms with Crippen molar-refractivity contribution in [3.05, 3.63) is 130 Å². The van der Waals surface area contributed by atoms with Gasteiger partial charge in [-0.2, -0.15) is 13.0 Å². The minimum absolute atomic E-state index is 0.205. The van der Waals surface area contributed by atoms with Gasteiger partial charge in [0.05, 0.1) is 11.2 Å². The fourth-order valence-corrected chi connectivity index (χ4v) is 11.5. The molecule has 0 saturated heterocycles. The van der Waals surface area contributed by atoms with Gasteiger partial charge in [0.2, 0.25) is 5.69 Å². The molecule has 0 aromatic heterocycles. The van der Waals surface area contributed by atoms with Crippen LogP contribution in [0.15, 0.2) is 119 Å². The SMILES string of the molecule is CCCCC[N+]1=C(/C=C/C2=C(SCCNC(=O)OC(C)(C)C)C(=C/C=C3/N(CCCCS(=O)(=O)O)c4ccc5ccccc5c4C3(C)C)/CC2)C(C)(C)c2c1ccc1ccccc21. The van der Waals surface area contributed by atoms with Crippen LogP contribution in [0, 0.1) is 0 Å². The van der Waals surface area contributed by atoms with Gasteiger partial charge in [-0.25, -0.2) is 4.79 Å². The van der Waals surface area contributed by atoms with Crippen molar-refractivity contribution < 1.29 is 27.1 Å². The van der Waals surface area contributed by atoms with E-state index in [0.717, 1.165) is 37.2 Å². The highest BCUT2D eigenvalue weighted by Gasteiger charge is 2.45. The molecule has 334 valence electrons. The predicted molar refractivity (Wildman–Crippen MR) is 265 cm³/mol. The Kier molecular flexibility index (Phi) is 13.9. The summed E-state index contributed by atoms with van der Waals surface area (Å²) in [6.45, 7) is 19.3. The molecule has 63 heavy (non-hydrogen) atoms. The summed E-state index contributed by atoms with van der Waals surface area (Å²) in [5.41, 5.74) is 9.01. The van der Waals surface area contributed by atoms with Crippen molar-refractivity contribution in [2.75, 3.05) is 36.0 Å². The summed E-state index contributed by atoms with van der Waals surface area (Å²) in [6.07, 6.45) is 15.2. The van der Waals surface area contributed by atoms with Gasteiger partial charge in [-0.05, 0) is 123 Å². The third-order valence-corrected chi connectivity index (χ3v) is 14.7. The fourth-order valence-electron chi connectivity index (χ4n) is 9.81. The number of thioether (sulfide) groups is 1. The van der Waals surface area contributed by atoms with Crippen molar-refractivity contribution in [1.29, 1.82) is 0 Å². The lowest BCUT2D eigenvalue weighted by atomic mass is 9.79. The highest BCUT2D eigenvalue weighted by atomic mass is 32.2. The first-order valence-electron chi connectivity index (χ1n) is 22.8. The molecule has 0 spiro atoms. The second kappa shape index (κ2) is 18.8. The fraction of sp³-hybridized carbons (Fsp3) is 0.434. The van der Waals surface area contributed by atoms with Gasteiger partial charge in [-0.15, -0.1) is 11.8 Å². The van der Waals surface area contributed by atoms with Crippen molar-refractivity contribution >= 4 is 66.6 Å². The molecule has 4 aromatic rings. The molecule has 10 heteroatoms. The van der Waals surface area contributed by atoms with E-state index in [0.29, 0.717) is 31.7 Å². The molecular formula is C53H66N3O5S2+. The van der Waals surface area contributed by atoms with Gasteiger partial charge in [0.15, 0.2) is 5.71 Å². The summed E-state index contributed by atoms with van der Waals surface area (Å²) in [7, 11) is -4.04. The molecule has 0 saturated carbocycles. The average molecular weight is 889 g/mol. The van der Waals surface area contributed by atoms with Gasteiger partial charge < -0.3 is 15.0 Å². The van der Waals surface area contributed by atoms with E-state index in [1.807, 2.05) is 20.8 Å². The first kappa shape index (κ1) is 46.4. The summed E-state index contributed by atoms with van der Waals surface area (Å²) in [5.74, 6) is 0.434. The summed E-state index contributed by atoms with van der Waals surface area (Å²) in [6, 6.07) is 26.2. The van der Waals surface area contributed by atoms with Crippen LogP contribution in [0.2, 0.25) is 0 Å².